The molecule has 2 aromatic rings. The summed E-state index contributed by atoms with van der Waals surface area (Å²) in [5.41, 5.74) is 1.96. The molecule has 142 valence electrons. The number of aliphatic hydroxyl groups excluding tert-OH is 1. The summed E-state index contributed by atoms with van der Waals surface area (Å²) in [6.45, 7) is 0.239. The molecule has 1 saturated heterocycles. The van der Waals surface area contributed by atoms with Crippen LogP contribution in [-0.2, 0) is 6.42 Å². The number of aliphatic hydroxyl groups is 1. The van der Waals surface area contributed by atoms with E-state index in [1.54, 1.807) is 4.90 Å². The van der Waals surface area contributed by atoms with E-state index in [4.69, 9.17) is 0 Å². The van der Waals surface area contributed by atoms with Crippen LogP contribution in [0.3, 0.4) is 0 Å². The first-order chi connectivity index (χ1) is 13.0. The molecule has 0 aromatic heterocycles. The summed E-state index contributed by atoms with van der Waals surface area (Å²) < 4.78 is 27.8. The predicted octanol–water partition coefficient (Wildman–Crippen LogP) is 3.86. The van der Waals surface area contributed by atoms with E-state index in [0.717, 1.165) is 18.1 Å². The van der Waals surface area contributed by atoms with Crippen molar-refractivity contribution >= 4 is 6.03 Å². The Morgan fingerprint density at radius 3 is 2.74 bits per heavy atom. The molecule has 2 N–H and O–H groups in total. The van der Waals surface area contributed by atoms with E-state index >= 15 is 0 Å². The minimum absolute atomic E-state index is 0.214. The molecule has 2 amide bonds. The summed E-state index contributed by atoms with van der Waals surface area (Å²) in [5, 5.41) is 13.0. The average molecular weight is 372 g/mol. The quantitative estimate of drug-likeness (QED) is 0.841. The topological polar surface area (TPSA) is 52.6 Å². The lowest BCUT2D eigenvalue weighted by molar-refractivity contribution is 0.167. The molecule has 1 aliphatic carbocycles. The van der Waals surface area contributed by atoms with E-state index in [1.165, 1.54) is 6.07 Å². The fourth-order valence-corrected chi connectivity index (χ4v) is 4.25. The van der Waals surface area contributed by atoms with Crippen molar-refractivity contribution < 1.29 is 18.7 Å². The van der Waals surface area contributed by atoms with Gasteiger partial charge in [-0.05, 0) is 48.4 Å². The molecule has 3 atom stereocenters. The zero-order chi connectivity index (χ0) is 19.0. The number of rotatable bonds is 2. The summed E-state index contributed by atoms with van der Waals surface area (Å²) in [6.07, 6.45) is 1.79. The molecular formula is C21H22F2N2O2. The summed E-state index contributed by atoms with van der Waals surface area (Å²) in [5.74, 6) is -1.19. The third kappa shape index (κ3) is 3.54. The summed E-state index contributed by atoms with van der Waals surface area (Å²) in [6, 6.07) is 10.8. The number of β-amino-alcohol motifs (C(OH)–C–C–N with tert-alkyl or cyclic N) is 1. The van der Waals surface area contributed by atoms with E-state index in [2.05, 4.69) is 5.32 Å². The maximum atomic E-state index is 14.1. The average Bonchev–Trinajstić information content (AvgIpc) is 3.05. The second-order valence-corrected chi connectivity index (χ2v) is 7.32. The number of hydrogen-bond donors (Lipinski definition) is 2. The summed E-state index contributed by atoms with van der Waals surface area (Å²) >= 11 is 0. The maximum absolute atomic E-state index is 14.1. The first-order valence-corrected chi connectivity index (χ1v) is 9.31. The summed E-state index contributed by atoms with van der Waals surface area (Å²) in [7, 11) is 0. The first-order valence-electron chi connectivity index (χ1n) is 9.31. The van der Waals surface area contributed by atoms with Gasteiger partial charge in [0.1, 0.15) is 11.6 Å². The van der Waals surface area contributed by atoms with E-state index in [9.17, 15) is 18.7 Å². The highest BCUT2D eigenvalue weighted by Gasteiger charge is 2.36. The number of nitrogens with zero attached hydrogens (tertiary/aromatic N) is 1. The molecule has 27 heavy (non-hydrogen) atoms. The van der Waals surface area contributed by atoms with Crippen LogP contribution in [0, 0.1) is 11.6 Å². The van der Waals surface area contributed by atoms with Crippen molar-refractivity contribution in [3.63, 3.8) is 0 Å². The summed E-state index contributed by atoms with van der Waals surface area (Å²) in [4.78, 5) is 14.6. The van der Waals surface area contributed by atoms with Crippen LogP contribution in [0.4, 0.5) is 13.6 Å². The fourth-order valence-electron chi connectivity index (χ4n) is 4.25. The van der Waals surface area contributed by atoms with Gasteiger partial charge in [-0.3, -0.25) is 0 Å². The van der Waals surface area contributed by atoms with Crippen LogP contribution < -0.4 is 5.32 Å². The molecular weight excluding hydrogens is 350 g/mol. The van der Waals surface area contributed by atoms with Crippen LogP contribution in [-0.4, -0.2) is 28.7 Å². The number of benzene rings is 2. The number of fused-ring (bicyclic) bond motifs is 1. The van der Waals surface area contributed by atoms with Crippen molar-refractivity contribution in [2.24, 2.45) is 0 Å². The predicted molar refractivity (Wildman–Crippen MR) is 97.1 cm³/mol. The zero-order valence-corrected chi connectivity index (χ0v) is 14.9. The normalized spacial score (nSPS) is 24.6. The number of hydrogen-bond acceptors (Lipinski definition) is 2. The second-order valence-electron chi connectivity index (χ2n) is 7.32. The highest BCUT2D eigenvalue weighted by molar-refractivity contribution is 5.76. The Balaban J connectivity index is 1.56. The number of nitrogens with one attached hydrogen (secondary N) is 1. The van der Waals surface area contributed by atoms with Gasteiger partial charge in [0.15, 0.2) is 0 Å². The van der Waals surface area contributed by atoms with E-state index in [-0.39, 0.29) is 18.6 Å². The van der Waals surface area contributed by atoms with Crippen molar-refractivity contribution in [2.75, 3.05) is 6.54 Å². The number of amides is 2. The molecule has 0 bridgehead atoms. The molecule has 1 heterocycles. The Labute approximate surface area is 156 Å². The highest BCUT2D eigenvalue weighted by atomic mass is 19.1. The van der Waals surface area contributed by atoms with Crippen molar-refractivity contribution in [1.82, 2.24) is 10.2 Å². The van der Waals surface area contributed by atoms with Gasteiger partial charge in [-0.15, -0.1) is 0 Å². The standard InChI is InChI=1S/C21H22F2N2O2/c22-14-9-17-16(18(23)10-14)7-4-8-19(17)24-21(27)25-12-15(26)11-20(25)13-5-2-1-3-6-13/h1-3,5-6,9-10,15,19-20,26H,4,7-8,11-12H2,(H,24,27)/t15?,19-,20?/m1/s1. The monoisotopic (exact) mass is 372 g/mol. The van der Waals surface area contributed by atoms with Gasteiger partial charge in [-0.25, -0.2) is 13.6 Å². The van der Waals surface area contributed by atoms with Crippen LogP contribution in [0.25, 0.3) is 0 Å². The zero-order valence-electron chi connectivity index (χ0n) is 14.9. The number of carbonyl (C=O) groups is 1. The lowest BCUT2D eigenvalue weighted by Gasteiger charge is -2.31. The Kier molecular flexibility index (Phi) is 4.83. The molecule has 2 unspecified atom stereocenters. The Bertz CT molecular complexity index is 844. The molecule has 4 rings (SSSR count). The largest absolute Gasteiger partial charge is 0.391 e. The number of urea groups is 1. The van der Waals surface area contributed by atoms with E-state index < -0.39 is 23.8 Å². The molecule has 2 aliphatic rings. The fraction of sp³-hybridized carbons (Fsp3) is 0.381. The number of likely N-dealkylation sites (tertiary alicyclic amines) is 1. The highest BCUT2D eigenvalue weighted by Crippen LogP contribution is 2.35. The van der Waals surface area contributed by atoms with Gasteiger partial charge >= 0.3 is 6.03 Å². The van der Waals surface area contributed by atoms with Gasteiger partial charge in [-0.1, -0.05) is 30.3 Å². The van der Waals surface area contributed by atoms with Crippen molar-refractivity contribution in [3.05, 3.63) is 70.8 Å². The molecule has 1 fully saturated rings. The SMILES string of the molecule is O=C(N[C@@H]1CCCc2c(F)cc(F)cc21)N1CC(O)CC1c1ccccc1. The van der Waals surface area contributed by atoms with Gasteiger partial charge in [0.25, 0.3) is 0 Å². The van der Waals surface area contributed by atoms with Gasteiger partial charge in [-0.2, -0.15) is 0 Å². The lowest BCUT2D eigenvalue weighted by Crippen LogP contribution is -2.42. The maximum Gasteiger partial charge on any atom is 0.318 e. The first kappa shape index (κ1) is 17.9. The van der Waals surface area contributed by atoms with Gasteiger partial charge < -0.3 is 15.3 Å². The number of halogens is 2. The molecule has 0 spiro atoms. The van der Waals surface area contributed by atoms with E-state index in [0.29, 0.717) is 30.4 Å². The number of carbonyl (C=O) groups excluding carboxylic acids is 1. The van der Waals surface area contributed by atoms with Crippen molar-refractivity contribution in [1.29, 1.82) is 0 Å². The molecule has 0 saturated carbocycles. The van der Waals surface area contributed by atoms with Crippen LogP contribution in [0.15, 0.2) is 42.5 Å². The molecule has 0 radical (unpaired) electrons. The van der Waals surface area contributed by atoms with E-state index in [1.807, 2.05) is 30.3 Å². The Morgan fingerprint density at radius 1 is 1.19 bits per heavy atom. The van der Waals surface area contributed by atoms with Gasteiger partial charge in [0.05, 0.1) is 18.2 Å². The molecule has 1 aliphatic heterocycles. The molecule has 2 aromatic carbocycles. The van der Waals surface area contributed by atoms with Gasteiger partial charge in [0.2, 0.25) is 0 Å². The third-order valence-electron chi connectivity index (χ3n) is 5.51. The smallest absolute Gasteiger partial charge is 0.318 e. The van der Waals surface area contributed by atoms with Crippen LogP contribution in [0.2, 0.25) is 0 Å². The van der Waals surface area contributed by atoms with Crippen molar-refractivity contribution in [2.45, 2.75) is 43.9 Å². The van der Waals surface area contributed by atoms with Crippen molar-refractivity contribution in [3.8, 4) is 0 Å². The van der Waals surface area contributed by atoms with Crippen LogP contribution in [0.5, 0.6) is 0 Å². The Hall–Kier alpha value is -2.47. The second kappa shape index (κ2) is 7.27. The molecule has 6 heteroatoms. The van der Waals surface area contributed by atoms with Crippen LogP contribution in [0.1, 0.15) is 48.0 Å². The minimum Gasteiger partial charge on any atom is -0.391 e. The minimum atomic E-state index is -0.633. The Morgan fingerprint density at radius 2 is 1.96 bits per heavy atom. The van der Waals surface area contributed by atoms with Gasteiger partial charge in [0, 0.05) is 12.6 Å². The lowest BCUT2D eigenvalue weighted by atomic mass is 9.87. The third-order valence-corrected chi connectivity index (χ3v) is 5.51. The molecule has 4 nitrogen and oxygen atoms in total. The van der Waals surface area contributed by atoms with Crippen LogP contribution >= 0.6 is 0 Å².